The van der Waals surface area contributed by atoms with Gasteiger partial charge in [0.15, 0.2) is 0 Å². The lowest BCUT2D eigenvalue weighted by Crippen LogP contribution is -2.59. The predicted molar refractivity (Wildman–Crippen MR) is 111 cm³/mol. The summed E-state index contributed by atoms with van der Waals surface area (Å²) in [7, 11) is 3.62. The lowest BCUT2D eigenvalue weighted by Gasteiger charge is -2.45. The van der Waals surface area contributed by atoms with Gasteiger partial charge in [-0.2, -0.15) is 0 Å². The van der Waals surface area contributed by atoms with Crippen LogP contribution in [0.4, 0.5) is 11.4 Å². The average Bonchev–Trinajstić information content (AvgIpc) is 3.24. The number of benzene rings is 1. The molecular weight excluding hydrogens is 384 g/mol. The van der Waals surface area contributed by atoms with Crippen molar-refractivity contribution in [1.29, 1.82) is 0 Å². The third kappa shape index (κ3) is 3.56. The van der Waals surface area contributed by atoms with Crippen LogP contribution in [0, 0.1) is 0 Å². The van der Waals surface area contributed by atoms with Crippen LogP contribution in [0.3, 0.4) is 0 Å². The Balaban J connectivity index is 1.54. The lowest BCUT2D eigenvalue weighted by molar-refractivity contribution is -0.671. The second kappa shape index (κ2) is 8.10. The van der Waals surface area contributed by atoms with Gasteiger partial charge in [-0.05, 0) is 38.0 Å². The van der Waals surface area contributed by atoms with Gasteiger partial charge in [0, 0.05) is 20.1 Å². The first-order chi connectivity index (χ1) is 14.4. The van der Waals surface area contributed by atoms with E-state index in [-0.39, 0.29) is 18.5 Å². The van der Waals surface area contributed by atoms with Crippen molar-refractivity contribution in [3.63, 3.8) is 0 Å². The number of carbonyl (C=O) groups is 2. The molecule has 1 amide bonds. The molecule has 0 bridgehead atoms. The fourth-order valence-electron chi connectivity index (χ4n) is 4.54. The number of fused-ring (bicyclic) bond motifs is 3. The molecule has 0 N–H and O–H groups in total. The molecule has 8 nitrogen and oxygen atoms in total. The van der Waals surface area contributed by atoms with Crippen LogP contribution in [0.5, 0.6) is 0 Å². The normalized spacial score (nSPS) is 20.3. The molecular formula is C22H29N4O4+. The number of hydrogen-bond acceptors (Lipinski definition) is 5. The maximum Gasteiger partial charge on any atom is 0.338 e. The van der Waals surface area contributed by atoms with Crippen molar-refractivity contribution < 1.29 is 23.6 Å². The van der Waals surface area contributed by atoms with E-state index in [2.05, 4.69) is 11.8 Å². The molecule has 1 aromatic heterocycles. The summed E-state index contributed by atoms with van der Waals surface area (Å²) in [5.74, 6) is -0.285. The van der Waals surface area contributed by atoms with E-state index < -0.39 is 5.66 Å². The third-order valence-corrected chi connectivity index (χ3v) is 6.02. The number of aromatic nitrogens is 2. The molecule has 8 heteroatoms. The molecule has 1 unspecified atom stereocenters. The zero-order valence-corrected chi connectivity index (χ0v) is 17.8. The quantitative estimate of drug-likeness (QED) is 0.512. The highest BCUT2D eigenvalue weighted by molar-refractivity contribution is 6.04. The molecule has 4 rings (SSSR count). The van der Waals surface area contributed by atoms with Crippen molar-refractivity contribution in [2.24, 2.45) is 7.05 Å². The molecule has 1 aromatic carbocycles. The van der Waals surface area contributed by atoms with E-state index in [0.29, 0.717) is 31.7 Å². The molecule has 2 aliphatic rings. The summed E-state index contributed by atoms with van der Waals surface area (Å²) < 4.78 is 14.7. The van der Waals surface area contributed by atoms with E-state index in [9.17, 15) is 9.59 Å². The van der Waals surface area contributed by atoms with Gasteiger partial charge in [-0.15, -0.1) is 0 Å². The van der Waals surface area contributed by atoms with Gasteiger partial charge in [0.2, 0.25) is 12.2 Å². The minimum atomic E-state index is -0.428. The maximum absolute atomic E-state index is 12.8. The fourth-order valence-corrected chi connectivity index (χ4v) is 4.54. The summed E-state index contributed by atoms with van der Waals surface area (Å²) in [5.41, 5.74) is 1.77. The van der Waals surface area contributed by atoms with Crippen LogP contribution >= 0.6 is 0 Å². The van der Waals surface area contributed by atoms with Crippen molar-refractivity contribution in [2.75, 3.05) is 36.7 Å². The Morgan fingerprint density at radius 2 is 2.07 bits per heavy atom. The number of esters is 1. The van der Waals surface area contributed by atoms with Gasteiger partial charge in [0.25, 0.3) is 0 Å². The van der Waals surface area contributed by atoms with E-state index in [1.807, 2.05) is 45.9 Å². The number of hydrogen-bond donors (Lipinski definition) is 0. The second-order valence-corrected chi connectivity index (χ2v) is 8.10. The molecule has 30 heavy (non-hydrogen) atoms. The smallest absolute Gasteiger partial charge is 0.338 e. The minimum absolute atomic E-state index is 0.0934. The molecule has 1 saturated heterocycles. The van der Waals surface area contributed by atoms with Gasteiger partial charge < -0.3 is 14.4 Å². The Hall–Kier alpha value is -2.87. The molecule has 2 aromatic rings. The number of methoxy groups -OCH3 is 1. The number of nitrogens with zero attached hydrogens (tertiary/aromatic N) is 4. The Morgan fingerprint density at radius 3 is 2.80 bits per heavy atom. The predicted octanol–water partition coefficient (Wildman–Crippen LogP) is 1.87. The van der Waals surface area contributed by atoms with Gasteiger partial charge in [-0.3, -0.25) is 9.69 Å². The highest BCUT2D eigenvalue weighted by Crippen LogP contribution is 2.49. The van der Waals surface area contributed by atoms with E-state index in [1.165, 1.54) is 0 Å². The van der Waals surface area contributed by atoms with Crippen LogP contribution in [0.2, 0.25) is 0 Å². The first-order valence-corrected chi connectivity index (χ1v) is 10.4. The number of aryl methyl sites for hydroxylation is 1. The summed E-state index contributed by atoms with van der Waals surface area (Å²) in [5, 5.41) is 0. The molecule has 0 radical (unpaired) electrons. The Morgan fingerprint density at radius 1 is 1.23 bits per heavy atom. The highest BCUT2D eigenvalue weighted by atomic mass is 16.5. The van der Waals surface area contributed by atoms with Gasteiger partial charge >= 0.3 is 5.97 Å². The van der Waals surface area contributed by atoms with Gasteiger partial charge in [0.05, 0.1) is 30.6 Å². The van der Waals surface area contributed by atoms with Crippen LogP contribution in [0.1, 0.15) is 36.5 Å². The molecule has 1 atom stereocenters. The molecule has 0 aliphatic carbocycles. The van der Waals surface area contributed by atoms with Gasteiger partial charge in [0.1, 0.15) is 31.2 Å². The summed E-state index contributed by atoms with van der Waals surface area (Å²) in [6.07, 6.45) is 8.06. The molecule has 0 spiro atoms. The second-order valence-electron chi connectivity index (χ2n) is 8.10. The van der Waals surface area contributed by atoms with Crippen LogP contribution in [0.15, 0.2) is 36.9 Å². The summed E-state index contributed by atoms with van der Waals surface area (Å²) in [6.45, 7) is 4.21. The van der Waals surface area contributed by atoms with E-state index in [0.717, 1.165) is 24.2 Å². The third-order valence-electron chi connectivity index (χ3n) is 6.02. The van der Waals surface area contributed by atoms with Crippen LogP contribution in [-0.2, 0) is 27.9 Å². The van der Waals surface area contributed by atoms with Crippen LogP contribution in [-0.4, -0.2) is 49.0 Å². The summed E-state index contributed by atoms with van der Waals surface area (Å²) in [4.78, 5) is 29.5. The van der Waals surface area contributed by atoms with Crippen molar-refractivity contribution in [3.8, 4) is 0 Å². The molecule has 160 valence electrons. The molecule has 1 fully saturated rings. The Labute approximate surface area is 176 Å². The minimum Gasteiger partial charge on any atom is -0.458 e. The summed E-state index contributed by atoms with van der Waals surface area (Å²) in [6, 6.07) is 5.49. The zero-order chi connectivity index (χ0) is 21.3. The first-order valence-electron chi connectivity index (χ1n) is 10.4. The van der Waals surface area contributed by atoms with Crippen molar-refractivity contribution in [1.82, 2.24) is 4.57 Å². The van der Waals surface area contributed by atoms with Crippen LogP contribution in [0.25, 0.3) is 0 Å². The first kappa shape index (κ1) is 20.4. The topological polar surface area (TPSA) is 67.9 Å². The Kier molecular flexibility index (Phi) is 5.51. The van der Waals surface area contributed by atoms with Gasteiger partial charge in [-0.1, -0.05) is 0 Å². The summed E-state index contributed by atoms with van der Waals surface area (Å²) >= 11 is 0. The number of ether oxygens (including phenoxy) is 2. The van der Waals surface area contributed by atoms with Crippen molar-refractivity contribution in [2.45, 2.75) is 38.4 Å². The zero-order valence-electron chi connectivity index (χ0n) is 17.8. The largest absolute Gasteiger partial charge is 0.458 e. The monoisotopic (exact) mass is 413 g/mol. The van der Waals surface area contributed by atoms with Crippen molar-refractivity contribution in [3.05, 3.63) is 42.5 Å². The fraction of sp³-hybridized carbons (Fsp3) is 0.500. The number of amides is 1. The van der Waals surface area contributed by atoms with Crippen molar-refractivity contribution >= 4 is 23.3 Å². The standard InChI is InChI=1S/C22H29N4O4/c1-22-8-4-5-20(27)26(22)19-15-17(6-7-18(19)25(22)12-13-29-3)21(28)30-14-11-24-10-9-23(2)16-24/h6-7,9-10,15-16H,4-5,8,11-14H2,1-3H3/q+1. The van der Waals surface area contributed by atoms with E-state index >= 15 is 0 Å². The number of rotatable bonds is 7. The van der Waals surface area contributed by atoms with E-state index in [1.54, 1.807) is 19.2 Å². The lowest BCUT2D eigenvalue weighted by atomic mass is 9.96. The highest BCUT2D eigenvalue weighted by Gasteiger charge is 2.50. The molecule has 2 aliphatic heterocycles. The average molecular weight is 413 g/mol. The number of carbonyl (C=O) groups excluding carboxylic acids is 2. The number of anilines is 2. The SMILES string of the molecule is COCCN1c2ccc(C(=O)OCCn3cc[n+](C)c3)cc2N2C(=O)CCCC12C. The molecule has 3 heterocycles. The maximum atomic E-state index is 12.8. The molecule has 0 saturated carbocycles. The van der Waals surface area contributed by atoms with Gasteiger partial charge in [-0.25, -0.2) is 13.9 Å². The Bertz CT molecular complexity index is 956. The van der Waals surface area contributed by atoms with Crippen LogP contribution < -0.4 is 14.4 Å². The number of piperidine rings is 1. The van der Waals surface area contributed by atoms with E-state index in [4.69, 9.17) is 9.47 Å². The number of imidazole rings is 1.